The number of carbonyl (C=O) groups is 2. The van der Waals surface area contributed by atoms with Gasteiger partial charge in [0.15, 0.2) is 0 Å². The number of hydrogen-bond donors (Lipinski definition) is 2. The molecule has 1 atom stereocenters. The highest BCUT2D eigenvalue weighted by Crippen LogP contribution is 2.44. The molecule has 0 spiro atoms. The van der Waals surface area contributed by atoms with Crippen LogP contribution in [0.4, 0.5) is 5.69 Å². The van der Waals surface area contributed by atoms with Crippen LogP contribution in [-0.4, -0.2) is 33.5 Å². The number of phenolic OH excluding ortho intramolecular Hbond substituents is 1. The first kappa shape index (κ1) is 21.1. The summed E-state index contributed by atoms with van der Waals surface area (Å²) >= 11 is 0. The van der Waals surface area contributed by atoms with Crippen molar-refractivity contribution >= 4 is 23.1 Å². The molecule has 162 valence electrons. The van der Waals surface area contributed by atoms with Crippen molar-refractivity contribution in [3.8, 4) is 11.5 Å². The number of nitrogens with zero attached hydrogens (tertiary/aromatic N) is 2. The molecule has 1 amide bonds. The SMILES string of the molecule is CCCOc1ccc(/C(O)=C2/C(=O)C(=O)N(c3ccccc3O)C2c2ccccn2)cc1. The lowest BCUT2D eigenvalue weighted by Gasteiger charge is -2.25. The minimum Gasteiger partial charge on any atom is -0.507 e. The molecule has 0 aliphatic carbocycles. The summed E-state index contributed by atoms with van der Waals surface area (Å²) in [5.74, 6) is -1.55. The van der Waals surface area contributed by atoms with Crippen LogP contribution >= 0.6 is 0 Å². The topological polar surface area (TPSA) is 100.0 Å². The average molecular weight is 430 g/mol. The summed E-state index contributed by atoms with van der Waals surface area (Å²) in [5.41, 5.74) is 0.816. The van der Waals surface area contributed by atoms with E-state index >= 15 is 0 Å². The number of carbonyl (C=O) groups excluding carboxylic acids is 2. The molecule has 32 heavy (non-hydrogen) atoms. The van der Waals surface area contributed by atoms with Crippen LogP contribution in [0.1, 0.15) is 30.6 Å². The second-order valence-corrected chi connectivity index (χ2v) is 7.29. The second-order valence-electron chi connectivity index (χ2n) is 7.29. The number of ketones is 1. The first-order valence-corrected chi connectivity index (χ1v) is 10.3. The molecule has 1 aliphatic heterocycles. The van der Waals surface area contributed by atoms with E-state index in [0.717, 1.165) is 6.42 Å². The molecule has 2 heterocycles. The van der Waals surface area contributed by atoms with E-state index in [1.54, 1.807) is 60.8 Å². The summed E-state index contributed by atoms with van der Waals surface area (Å²) in [6.07, 6.45) is 2.40. The Kier molecular flexibility index (Phi) is 5.89. The summed E-state index contributed by atoms with van der Waals surface area (Å²) < 4.78 is 5.57. The van der Waals surface area contributed by atoms with Gasteiger partial charge in [0.25, 0.3) is 11.7 Å². The Labute approximate surface area is 185 Å². The number of aromatic nitrogens is 1. The van der Waals surface area contributed by atoms with E-state index in [-0.39, 0.29) is 22.8 Å². The molecule has 0 bridgehead atoms. The van der Waals surface area contributed by atoms with E-state index in [9.17, 15) is 19.8 Å². The first-order valence-electron chi connectivity index (χ1n) is 10.3. The number of pyridine rings is 1. The van der Waals surface area contributed by atoms with Crippen LogP contribution in [0.5, 0.6) is 11.5 Å². The second kappa shape index (κ2) is 8.93. The first-order chi connectivity index (χ1) is 15.5. The molecule has 4 rings (SSSR count). The Morgan fingerprint density at radius 1 is 1.03 bits per heavy atom. The quantitative estimate of drug-likeness (QED) is 0.345. The lowest BCUT2D eigenvalue weighted by atomic mass is 9.98. The highest BCUT2D eigenvalue weighted by Gasteiger charge is 2.48. The summed E-state index contributed by atoms with van der Waals surface area (Å²) in [6, 6.07) is 17.0. The van der Waals surface area contributed by atoms with E-state index in [2.05, 4.69) is 4.98 Å². The molecule has 1 aromatic heterocycles. The number of rotatable bonds is 6. The monoisotopic (exact) mass is 430 g/mol. The van der Waals surface area contributed by atoms with Gasteiger partial charge < -0.3 is 14.9 Å². The number of anilines is 1. The van der Waals surface area contributed by atoms with Crippen LogP contribution in [0, 0.1) is 0 Å². The van der Waals surface area contributed by atoms with Gasteiger partial charge in [-0.15, -0.1) is 0 Å². The fourth-order valence-corrected chi connectivity index (χ4v) is 3.65. The number of hydrogen-bond acceptors (Lipinski definition) is 6. The predicted molar refractivity (Wildman–Crippen MR) is 119 cm³/mol. The van der Waals surface area contributed by atoms with Crippen LogP contribution in [0.15, 0.2) is 78.5 Å². The molecule has 2 N–H and O–H groups in total. The van der Waals surface area contributed by atoms with Gasteiger partial charge in [-0.05, 0) is 55.0 Å². The standard InChI is InChI=1S/C25H22N2O5/c1-2-15-32-17-12-10-16(11-13-17)23(29)21-22(18-7-5-6-14-26-18)27(25(31)24(21)30)19-8-3-4-9-20(19)28/h3-14,22,28-29H,2,15H2,1H3/b23-21-. The number of amides is 1. The molecule has 0 saturated carbocycles. The summed E-state index contributed by atoms with van der Waals surface area (Å²) in [7, 11) is 0. The molecule has 1 unspecified atom stereocenters. The van der Waals surface area contributed by atoms with Crippen LogP contribution < -0.4 is 9.64 Å². The van der Waals surface area contributed by atoms with E-state index in [0.29, 0.717) is 23.6 Å². The molecule has 2 aromatic carbocycles. The van der Waals surface area contributed by atoms with Crippen LogP contribution in [0.2, 0.25) is 0 Å². The molecule has 3 aromatic rings. The highest BCUT2D eigenvalue weighted by molar-refractivity contribution is 6.51. The number of para-hydroxylation sites is 2. The maximum absolute atomic E-state index is 13.1. The average Bonchev–Trinajstić information content (AvgIpc) is 3.09. The summed E-state index contributed by atoms with van der Waals surface area (Å²) in [6.45, 7) is 2.57. The van der Waals surface area contributed by atoms with Crippen molar-refractivity contribution in [3.63, 3.8) is 0 Å². The predicted octanol–water partition coefficient (Wildman–Crippen LogP) is 4.20. The number of aromatic hydroxyl groups is 1. The lowest BCUT2D eigenvalue weighted by molar-refractivity contribution is -0.132. The minimum absolute atomic E-state index is 0.0980. The Morgan fingerprint density at radius 3 is 2.41 bits per heavy atom. The van der Waals surface area contributed by atoms with Gasteiger partial charge in [-0.1, -0.05) is 25.1 Å². The fraction of sp³-hybridized carbons (Fsp3) is 0.160. The van der Waals surface area contributed by atoms with E-state index < -0.39 is 17.7 Å². The maximum Gasteiger partial charge on any atom is 0.300 e. The molecule has 7 nitrogen and oxygen atoms in total. The zero-order valence-electron chi connectivity index (χ0n) is 17.4. The molecule has 1 aliphatic rings. The smallest absolute Gasteiger partial charge is 0.300 e. The third kappa shape index (κ3) is 3.80. The van der Waals surface area contributed by atoms with Gasteiger partial charge in [0.2, 0.25) is 0 Å². The molecule has 1 saturated heterocycles. The molecule has 1 fully saturated rings. The Morgan fingerprint density at radius 2 is 1.75 bits per heavy atom. The normalized spacial score (nSPS) is 17.5. The zero-order valence-corrected chi connectivity index (χ0v) is 17.4. The summed E-state index contributed by atoms with van der Waals surface area (Å²) in [4.78, 5) is 31.6. The number of aliphatic hydroxyl groups is 1. The van der Waals surface area contributed by atoms with Crippen LogP contribution in [0.25, 0.3) is 5.76 Å². The Balaban J connectivity index is 1.85. The number of Topliss-reactive ketones (excluding diaryl/α,β-unsaturated/α-hetero) is 1. The van der Waals surface area contributed by atoms with Crippen LogP contribution in [0.3, 0.4) is 0 Å². The Hall–Kier alpha value is -4.13. The van der Waals surface area contributed by atoms with Crippen molar-refractivity contribution in [2.45, 2.75) is 19.4 Å². The third-order valence-corrected chi connectivity index (χ3v) is 5.15. The van der Waals surface area contributed by atoms with Crippen molar-refractivity contribution in [2.24, 2.45) is 0 Å². The lowest BCUT2D eigenvalue weighted by Crippen LogP contribution is -2.29. The van der Waals surface area contributed by atoms with Crippen molar-refractivity contribution in [2.75, 3.05) is 11.5 Å². The minimum atomic E-state index is -1.000. The van der Waals surface area contributed by atoms with Gasteiger partial charge in [-0.25, -0.2) is 0 Å². The van der Waals surface area contributed by atoms with Crippen LogP contribution in [-0.2, 0) is 9.59 Å². The molecule has 7 heteroatoms. The van der Waals surface area contributed by atoms with E-state index in [4.69, 9.17) is 4.74 Å². The van der Waals surface area contributed by atoms with Gasteiger partial charge in [0.05, 0.1) is 23.6 Å². The third-order valence-electron chi connectivity index (χ3n) is 5.15. The molecule has 0 radical (unpaired) electrons. The van der Waals surface area contributed by atoms with E-state index in [1.165, 1.54) is 17.0 Å². The Bertz CT molecular complexity index is 1170. The van der Waals surface area contributed by atoms with Gasteiger partial charge in [0.1, 0.15) is 23.3 Å². The van der Waals surface area contributed by atoms with Crippen molar-refractivity contribution < 1.29 is 24.5 Å². The van der Waals surface area contributed by atoms with Gasteiger partial charge in [-0.3, -0.25) is 19.5 Å². The van der Waals surface area contributed by atoms with Gasteiger partial charge in [-0.2, -0.15) is 0 Å². The number of phenols is 1. The fourth-order valence-electron chi connectivity index (χ4n) is 3.65. The number of ether oxygens (including phenoxy) is 1. The zero-order chi connectivity index (χ0) is 22.7. The maximum atomic E-state index is 13.1. The van der Waals surface area contributed by atoms with Crippen molar-refractivity contribution in [1.29, 1.82) is 0 Å². The highest BCUT2D eigenvalue weighted by atomic mass is 16.5. The van der Waals surface area contributed by atoms with Crippen molar-refractivity contribution in [1.82, 2.24) is 4.98 Å². The molecular formula is C25H22N2O5. The number of aliphatic hydroxyl groups excluding tert-OH is 1. The molecular weight excluding hydrogens is 408 g/mol. The van der Waals surface area contributed by atoms with Crippen molar-refractivity contribution in [3.05, 3.63) is 89.8 Å². The van der Waals surface area contributed by atoms with Gasteiger partial charge in [0, 0.05) is 11.8 Å². The van der Waals surface area contributed by atoms with Gasteiger partial charge >= 0.3 is 0 Å². The summed E-state index contributed by atoms with van der Waals surface area (Å²) in [5, 5.41) is 21.5. The van der Waals surface area contributed by atoms with E-state index in [1.807, 2.05) is 6.92 Å². The largest absolute Gasteiger partial charge is 0.507 e. The number of benzene rings is 2.